The molecular formula is C16H16N2O2S. The second-order valence-corrected chi connectivity index (χ2v) is 6.07. The Hall–Kier alpha value is -2.06. The molecule has 0 atom stereocenters. The van der Waals surface area contributed by atoms with Gasteiger partial charge in [0.05, 0.1) is 24.4 Å². The molecule has 0 amide bonds. The Labute approximate surface area is 128 Å². The van der Waals surface area contributed by atoms with E-state index in [4.69, 9.17) is 14.7 Å². The fourth-order valence-electron chi connectivity index (χ4n) is 2.13. The first-order chi connectivity index (χ1) is 10.3. The number of hydrogen-bond acceptors (Lipinski definition) is 5. The number of ether oxygens (including phenoxy) is 2. The molecule has 0 aliphatic heterocycles. The molecule has 0 N–H and O–H groups in total. The summed E-state index contributed by atoms with van der Waals surface area (Å²) in [5, 5.41) is 10.1. The second-order valence-electron chi connectivity index (χ2n) is 4.98. The predicted molar refractivity (Wildman–Crippen MR) is 81.0 cm³/mol. The summed E-state index contributed by atoms with van der Waals surface area (Å²) >= 11 is 1.50. The van der Waals surface area contributed by atoms with E-state index < -0.39 is 0 Å². The molecule has 5 heteroatoms. The van der Waals surface area contributed by atoms with Crippen molar-refractivity contribution in [1.29, 1.82) is 5.26 Å². The minimum absolute atomic E-state index is 0.521. The van der Waals surface area contributed by atoms with Gasteiger partial charge in [0.15, 0.2) is 0 Å². The summed E-state index contributed by atoms with van der Waals surface area (Å²) in [6.07, 6.45) is 3.07. The highest BCUT2D eigenvalue weighted by atomic mass is 32.1. The maximum atomic E-state index is 9.14. The SMILES string of the molecule is COc1ccc(OCCc2nc(C3CC3)c(C#N)s2)cc1. The van der Waals surface area contributed by atoms with Crippen LogP contribution >= 0.6 is 11.3 Å². The van der Waals surface area contributed by atoms with Crippen molar-refractivity contribution < 1.29 is 9.47 Å². The van der Waals surface area contributed by atoms with E-state index in [1.54, 1.807) is 7.11 Å². The Morgan fingerprint density at radius 2 is 2.00 bits per heavy atom. The minimum Gasteiger partial charge on any atom is -0.497 e. The molecular weight excluding hydrogens is 284 g/mol. The fraction of sp³-hybridized carbons (Fsp3) is 0.375. The van der Waals surface area contributed by atoms with Crippen LogP contribution in [0.3, 0.4) is 0 Å². The third kappa shape index (κ3) is 3.34. The van der Waals surface area contributed by atoms with E-state index in [1.165, 1.54) is 24.2 Å². The average Bonchev–Trinajstić information content (AvgIpc) is 3.29. The first kappa shape index (κ1) is 13.9. The monoisotopic (exact) mass is 300 g/mol. The van der Waals surface area contributed by atoms with E-state index in [2.05, 4.69) is 11.1 Å². The van der Waals surface area contributed by atoms with Crippen molar-refractivity contribution in [3.05, 3.63) is 39.8 Å². The van der Waals surface area contributed by atoms with Crippen LogP contribution in [0.25, 0.3) is 0 Å². The number of rotatable bonds is 6. The highest BCUT2D eigenvalue weighted by Gasteiger charge is 2.29. The average molecular weight is 300 g/mol. The standard InChI is InChI=1S/C16H16N2O2S/c1-19-12-4-6-13(7-5-12)20-9-8-15-18-16(11-2-3-11)14(10-17)21-15/h4-7,11H,2-3,8-9H2,1H3. The van der Waals surface area contributed by atoms with E-state index in [0.29, 0.717) is 12.5 Å². The van der Waals surface area contributed by atoms with Gasteiger partial charge < -0.3 is 9.47 Å². The molecule has 0 bridgehead atoms. The number of hydrogen-bond donors (Lipinski definition) is 0. The van der Waals surface area contributed by atoms with Crippen molar-refractivity contribution >= 4 is 11.3 Å². The lowest BCUT2D eigenvalue weighted by molar-refractivity contribution is 0.321. The number of benzene rings is 1. The topological polar surface area (TPSA) is 55.1 Å². The molecule has 1 aromatic carbocycles. The van der Waals surface area contributed by atoms with Gasteiger partial charge in [0, 0.05) is 12.3 Å². The zero-order chi connectivity index (χ0) is 14.7. The van der Waals surface area contributed by atoms with Crippen molar-refractivity contribution in [2.45, 2.75) is 25.2 Å². The van der Waals surface area contributed by atoms with Crippen molar-refractivity contribution in [3.63, 3.8) is 0 Å². The van der Waals surface area contributed by atoms with Gasteiger partial charge in [-0.25, -0.2) is 4.98 Å². The molecule has 1 saturated carbocycles. The summed E-state index contributed by atoms with van der Waals surface area (Å²) in [4.78, 5) is 5.37. The Morgan fingerprint density at radius 1 is 1.29 bits per heavy atom. The minimum atomic E-state index is 0.521. The molecule has 1 aliphatic rings. The summed E-state index contributed by atoms with van der Waals surface area (Å²) < 4.78 is 10.8. The Kier molecular flexibility index (Phi) is 4.07. The first-order valence-electron chi connectivity index (χ1n) is 6.96. The molecule has 21 heavy (non-hydrogen) atoms. The van der Waals surface area contributed by atoms with Gasteiger partial charge in [0.2, 0.25) is 0 Å². The maximum absolute atomic E-state index is 9.14. The van der Waals surface area contributed by atoms with E-state index in [1.807, 2.05) is 24.3 Å². The molecule has 2 aromatic rings. The molecule has 0 spiro atoms. The predicted octanol–water partition coefficient (Wildman–Crippen LogP) is 3.52. The van der Waals surface area contributed by atoms with Crippen LogP contribution in [0, 0.1) is 11.3 Å². The van der Waals surface area contributed by atoms with Gasteiger partial charge in [-0.2, -0.15) is 5.26 Å². The van der Waals surface area contributed by atoms with Crippen molar-refractivity contribution in [2.24, 2.45) is 0 Å². The quantitative estimate of drug-likeness (QED) is 0.819. The largest absolute Gasteiger partial charge is 0.497 e. The Bertz CT molecular complexity index is 654. The van der Waals surface area contributed by atoms with Crippen molar-refractivity contribution in [1.82, 2.24) is 4.98 Å². The van der Waals surface area contributed by atoms with Gasteiger partial charge in [0.25, 0.3) is 0 Å². The number of nitriles is 1. The van der Waals surface area contributed by atoms with Gasteiger partial charge in [0.1, 0.15) is 22.4 Å². The Morgan fingerprint density at radius 3 is 2.62 bits per heavy atom. The molecule has 0 unspecified atom stereocenters. The molecule has 3 rings (SSSR count). The highest BCUT2D eigenvalue weighted by molar-refractivity contribution is 7.12. The van der Waals surface area contributed by atoms with Crippen LogP contribution in [0.4, 0.5) is 0 Å². The lowest BCUT2D eigenvalue weighted by atomic mass is 10.2. The van der Waals surface area contributed by atoms with Crippen LogP contribution in [0.2, 0.25) is 0 Å². The third-order valence-electron chi connectivity index (χ3n) is 3.41. The van der Waals surface area contributed by atoms with Crippen LogP contribution < -0.4 is 9.47 Å². The van der Waals surface area contributed by atoms with Gasteiger partial charge in [-0.3, -0.25) is 0 Å². The molecule has 108 valence electrons. The zero-order valence-electron chi connectivity index (χ0n) is 11.8. The lowest BCUT2D eigenvalue weighted by Gasteiger charge is -2.05. The Balaban J connectivity index is 1.56. The summed E-state index contributed by atoms with van der Waals surface area (Å²) in [5.74, 6) is 2.15. The van der Waals surface area contributed by atoms with E-state index in [9.17, 15) is 0 Å². The molecule has 0 saturated heterocycles. The summed E-state index contributed by atoms with van der Waals surface area (Å²) in [5.41, 5.74) is 1.00. The van der Waals surface area contributed by atoms with Crippen LogP contribution in [0.1, 0.15) is 34.3 Å². The van der Waals surface area contributed by atoms with Gasteiger partial charge >= 0.3 is 0 Å². The number of aromatic nitrogens is 1. The van der Waals surface area contributed by atoms with Gasteiger partial charge in [-0.15, -0.1) is 11.3 Å². The molecule has 1 heterocycles. The first-order valence-corrected chi connectivity index (χ1v) is 7.78. The molecule has 1 aliphatic carbocycles. The summed E-state index contributed by atoms with van der Waals surface area (Å²) in [6.45, 7) is 0.564. The number of methoxy groups -OCH3 is 1. The molecule has 1 aromatic heterocycles. The smallest absolute Gasteiger partial charge is 0.128 e. The van der Waals surface area contributed by atoms with Crippen molar-refractivity contribution in [2.75, 3.05) is 13.7 Å². The number of thiazole rings is 1. The number of nitrogens with zero attached hydrogens (tertiary/aromatic N) is 2. The van der Waals surface area contributed by atoms with Crippen LogP contribution in [-0.4, -0.2) is 18.7 Å². The third-order valence-corrected chi connectivity index (χ3v) is 4.44. The fourth-order valence-corrected chi connectivity index (χ4v) is 3.05. The lowest BCUT2D eigenvalue weighted by Crippen LogP contribution is -2.01. The molecule has 1 fully saturated rings. The zero-order valence-corrected chi connectivity index (χ0v) is 12.7. The maximum Gasteiger partial charge on any atom is 0.128 e. The molecule has 0 radical (unpaired) electrons. The van der Waals surface area contributed by atoms with Crippen LogP contribution in [0.5, 0.6) is 11.5 Å². The second kappa shape index (κ2) is 6.15. The van der Waals surface area contributed by atoms with Gasteiger partial charge in [-0.1, -0.05) is 0 Å². The van der Waals surface area contributed by atoms with Crippen LogP contribution in [-0.2, 0) is 6.42 Å². The van der Waals surface area contributed by atoms with Gasteiger partial charge in [-0.05, 0) is 37.1 Å². The summed E-state index contributed by atoms with van der Waals surface area (Å²) in [6, 6.07) is 9.78. The normalized spacial score (nSPS) is 13.7. The van der Waals surface area contributed by atoms with E-state index in [-0.39, 0.29) is 0 Å². The van der Waals surface area contributed by atoms with Crippen LogP contribution in [0.15, 0.2) is 24.3 Å². The molecule has 4 nitrogen and oxygen atoms in total. The van der Waals surface area contributed by atoms with Crippen molar-refractivity contribution in [3.8, 4) is 17.6 Å². The highest BCUT2D eigenvalue weighted by Crippen LogP contribution is 2.42. The summed E-state index contributed by atoms with van der Waals surface area (Å²) in [7, 11) is 1.64. The van der Waals surface area contributed by atoms with E-state index in [0.717, 1.165) is 33.5 Å². The van der Waals surface area contributed by atoms with E-state index >= 15 is 0 Å².